The molecule has 2 heterocycles. The minimum absolute atomic E-state index is 0.0608. The van der Waals surface area contributed by atoms with Gasteiger partial charge in [-0.25, -0.2) is 17.8 Å². The third kappa shape index (κ3) is 3.76. The highest BCUT2D eigenvalue weighted by molar-refractivity contribution is 7.89. The summed E-state index contributed by atoms with van der Waals surface area (Å²) in [6, 6.07) is 5.80. The summed E-state index contributed by atoms with van der Waals surface area (Å²) in [5.74, 6) is -0.747. The van der Waals surface area contributed by atoms with E-state index in [1.165, 1.54) is 54.3 Å². The maximum atomic E-state index is 13.3. The number of halogens is 1. The van der Waals surface area contributed by atoms with Crippen LogP contribution in [0.4, 0.5) is 4.39 Å². The molecule has 0 bridgehead atoms. The van der Waals surface area contributed by atoms with Crippen molar-refractivity contribution in [3.05, 3.63) is 71.8 Å². The molecule has 3 rings (SSSR count). The van der Waals surface area contributed by atoms with Crippen LogP contribution in [0, 0.1) is 5.82 Å². The van der Waals surface area contributed by atoms with Gasteiger partial charge in [-0.15, -0.1) is 0 Å². The molecule has 0 aliphatic rings. The van der Waals surface area contributed by atoms with Crippen LogP contribution in [0.5, 0.6) is 0 Å². The molecule has 0 aliphatic heterocycles. The normalized spacial score (nSPS) is 12.9. The van der Waals surface area contributed by atoms with Gasteiger partial charge >= 0.3 is 0 Å². The fourth-order valence-electron chi connectivity index (χ4n) is 2.73. The van der Waals surface area contributed by atoms with Gasteiger partial charge in [0.25, 0.3) is 5.91 Å². The average Bonchev–Trinajstić information content (AvgIpc) is 3.20. The lowest BCUT2D eigenvalue weighted by molar-refractivity contribution is 0.0992. The number of amides is 1. The summed E-state index contributed by atoms with van der Waals surface area (Å²) in [4.78, 5) is 15.5. The Labute approximate surface area is 155 Å². The molecule has 0 spiro atoms. The van der Waals surface area contributed by atoms with E-state index in [0.717, 1.165) is 0 Å². The Kier molecular flexibility index (Phi) is 4.85. The monoisotopic (exact) mass is 391 g/mol. The Morgan fingerprint density at radius 3 is 2.41 bits per heavy atom. The number of aryl methyl sites for hydroxylation is 2. The number of carbonyl (C=O) groups excluding carboxylic acids is 1. The summed E-state index contributed by atoms with van der Waals surface area (Å²) in [7, 11) is -0.775. The Balaban J connectivity index is 2.03. The summed E-state index contributed by atoms with van der Waals surface area (Å²) in [5.41, 5.74) is 5.83. The highest BCUT2D eigenvalue weighted by Gasteiger charge is 2.27. The van der Waals surface area contributed by atoms with Gasteiger partial charge in [0.05, 0.1) is 0 Å². The van der Waals surface area contributed by atoms with Gasteiger partial charge in [0.15, 0.2) is 0 Å². The predicted molar refractivity (Wildman–Crippen MR) is 95.7 cm³/mol. The molecule has 1 unspecified atom stereocenters. The van der Waals surface area contributed by atoms with E-state index in [4.69, 9.17) is 5.73 Å². The summed E-state index contributed by atoms with van der Waals surface area (Å²) < 4.78 is 44.6. The maximum Gasteiger partial charge on any atom is 0.265 e. The molecule has 27 heavy (non-hydrogen) atoms. The first-order chi connectivity index (χ1) is 12.7. The SMILES string of the molecule is Cn1cc(S(=O)(=O)NC(c2ccc(F)cc2)c2nccn2C)cc1C(N)=O. The second kappa shape index (κ2) is 6.97. The van der Waals surface area contributed by atoms with E-state index in [0.29, 0.717) is 11.4 Å². The van der Waals surface area contributed by atoms with Crippen molar-refractivity contribution in [2.24, 2.45) is 19.8 Å². The van der Waals surface area contributed by atoms with E-state index < -0.39 is 27.8 Å². The fourth-order valence-corrected chi connectivity index (χ4v) is 3.98. The second-order valence-corrected chi connectivity index (χ2v) is 7.75. The molecule has 3 aromatic rings. The topological polar surface area (TPSA) is 112 Å². The number of rotatable bonds is 6. The van der Waals surface area contributed by atoms with Crippen molar-refractivity contribution >= 4 is 15.9 Å². The Hall–Kier alpha value is -2.98. The maximum absolute atomic E-state index is 13.3. The fraction of sp³-hybridized carbons (Fsp3) is 0.176. The summed E-state index contributed by atoms with van der Waals surface area (Å²) >= 11 is 0. The number of benzene rings is 1. The third-order valence-electron chi connectivity index (χ3n) is 4.14. The van der Waals surface area contributed by atoms with Gasteiger partial charge in [0.1, 0.15) is 28.3 Å². The quantitative estimate of drug-likeness (QED) is 0.654. The van der Waals surface area contributed by atoms with Crippen LogP contribution in [0.1, 0.15) is 27.9 Å². The first-order valence-electron chi connectivity index (χ1n) is 7.90. The summed E-state index contributed by atoms with van der Waals surface area (Å²) in [6.45, 7) is 0. The van der Waals surface area contributed by atoms with Gasteiger partial charge in [-0.3, -0.25) is 4.79 Å². The highest BCUT2D eigenvalue weighted by atomic mass is 32.2. The highest BCUT2D eigenvalue weighted by Crippen LogP contribution is 2.24. The van der Waals surface area contributed by atoms with Crippen molar-refractivity contribution in [3.8, 4) is 0 Å². The molecule has 0 aliphatic carbocycles. The number of hydrogen-bond acceptors (Lipinski definition) is 4. The molecule has 0 saturated heterocycles. The molecular weight excluding hydrogens is 373 g/mol. The molecule has 2 aromatic heterocycles. The molecule has 0 saturated carbocycles. The Morgan fingerprint density at radius 1 is 1.22 bits per heavy atom. The molecule has 142 valence electrons. The van der Waals surface area contributed by atoms with Crippen molar-refractivity contribution in [3.63, 3.8) is 0 Å². The van der Waals surface area contributed by atoms with E-state index in [2.05, 4.69) is 9.71 Å². The molecule has 1 atom stereocenters. The number of nitrogens with two attached hydrogens (primary N) is 1. The van der Waals surface area contributed by atoms with E-state index in [1.54, 1.807) is 17.8 Å². The second-order valence-electron chi connectivity index (χ2n) is 6.04. The lowest BCUT2D eigenvalue weighted by Crippen LogP contribution is -2.31. The molecule has 0 radical (unpaired) electrons. The van der Waals surface area contributed by atoms with Crippen LogP contribution in [-0.2, 0) is 24.1 Å². The van der Waals surface area contributed by atoms with E-state index in [9.17, 15) is 17.6 Å². The summed E-state index contributed by atoms with van der Waals surface area (Å²) in [5, 5.41) is 0. The first kappa shape index (κ1) is 18.8. The molecule has 1 aromatic carbocycles. The smallest absolute Gasteiger partial charge is 0.265 e. The van der Waals surface area contributed by atoms with Gasteiger partial charge in [0, 0.05) is 32.7 Å². The van der Waals surface area contributed by atoms with E-state index in [1.807, 2.05) is 0 Å². The number of hydrogen-bond donors (Lipinski definition) is 2. The lowest BCUT2D eigenvalue weighted by Gasteiger charge is -2.19. The van der Waals surface area contributed by atoms with E-state index in [-0.39, 0.29) is 10.6 Å². The number of aromatic nitrogens is 3. The van der Waals surface area contributed by atoms with Crippen molar-refractivity contribution in [1.29, 1.82) is 0 Å². The number of primary amides is 1. The van der Waals surface area contributed by atoms with Crippen molar-refractivity contribution in [2.45, 2.75) is 10.9 Å². The lowest BCUT2D eigenvalue weighted by atomic mass is 10.1. The van der Waals surface area contributed by atoms with Crippen LogP contribution < -0.4 is 10.5 Å². The van der Waals surface area contributed by atoms with Crippen LogP contribution in [0.3, 0.4) is 0 Å². The van der Waals surface area contributed by atoms with Gasteiger partial charge in [-0.2, -0.15) is 4.72 Å². The predicted octanol–water partition coefficient (Wildman–Crippen LogP) is 1.06. The molecule has 1 amide bonds. The van der Waals surface area contributed by atoms with E-state index >= 15 is 0 Å². The number of nitrogens with one attached hydrogen (secondary N) is 1. The molecule has 8 nitrogen and oxygen atoms in total. The van der Waals surface area contributed by atoms with Gasteiger partial charge in [0.2, 0.25) is 10.0 Å². The van der Waals surface area contributed by atoms with Crippen molar-refractivity contribution < 1.29 is 17.6 Å². The Morgan fingerprint density at radius 2 is 1.89 bits per heavy atom. The Bertz CT molecular complexity index is 1090. The first-order valence-corrected chi connectivity index (χ1v) is 9.38. The molecule has 0 fully saturated rings. The number of carbonyl (C=O) groups is 1. The minimum atomic E-state index is -4.02. The zero-order chi connectivity index (χ0) is 19.8. The number of nitrogens with zero attached hydrogens (tertiary/aromatic N) is 3. The largest absolute Gasteiger partial charge is 0.364 e. The van der Waals surface area contributed by atoms with Crippen LogP contribution >= 0.6 is 0 Å². The van der Waals surface area contributed by atoms with Crippen LogP contribution in [-0.4, -0.2) is 28.4 Å². The average molecular weight is 391 g/mol. The third-order valence-corrected chi connectivity index (χ3v) is 5.53. The van der Waals surface area contributed by atoms with Crippen LogP contribution in [0.25, 0.3) is 0 Å². The van der Waals surface area contributed by atoms with Crippen molar-refractivity contribution in [1.82, 2.24) is 18.8 Å². The van der Waals surface area contributed by atoms with Crippen LogP contribution in [0.15, 0.2) is 53.8 Å². The molecule has 10 heteroatoms. The standard InChI is InChI=1S/C17H18FN5O3S/c1-22-8-7-20-17(22)15(11-3-5-12(18)6-4-11)21-27(25,26)13-9-14(16(19)24)23(2)10-13/h3-10,15,21H,1-2H3,(H2,19,24). The van der Waals surface area contributed by atoms with Crippen molar-refractivity contribution in [2.75, 3.05) is 0 Å². The van der Waals surface area contributed by atoms with Gasteiger partial charge < -0.3 is 14.9 Å². The zero-order valence-electron chi connectivity index (χ0n) is 14.6. The molecular formula is C17H18FN5O3S. The zero-order valence-corrected chi connectivity index (χ0v) is 15.4. The van der Waals surface area contributed by atoms with Crippen LogP contribution in [0.2, 0.25) is 0 Å². The summed E-state index contributed by atoms with van der Waals surface area (Å²) in [6.07, 6.45) is 4.50. The minimum Gasteiger partial charge on any atom is -0.364 e. The number of sulfonamides is 1. The van der Waals surface area contributed by atoms with Gasteiger partial charge in [-0.1, -0.05) is 12.1 Å². The molecule has 3 N–H and O–H groups in total. The number of imidazole rings is 1. The van der Waals surface area contributed by atoms with Gasteiger partial charge in [-0.05, 0) is 23.8 Å².